The Hall–Kier alpha value is -0.610. The SMILES string of the molecule is CC(C)(C)CC(O)C(C)(C)C(=O)OO. The Morgan fingerprint density at radius 3 is 2.00 bits per heavy atom. The number of rotatable bonds is 3. The molecule has 4 heteroatoms. The van der Waals surface area contributed by atoms with E-state index in [4.69, 9.17) is 5.26 Å². The second-order valence-corrected chi connectivity index (χ2v) is 5.38. The fraction of sp³-hybridized carbons (Fsp3) is 0.900. The molecule has 0 amide bonds. The largest absolute Gasteiger partial charge is 0.392 e. The van der Waals surface area contributed by atoms with Gasteiger partial charge >= 0.3 is 5.97 Å². The highest BCUT2D eigenvalue weighted by molar-refractivity contribution is 5.75. The van der Waals surface area contributed by atoms with E-state index in [1.54, 1.807) is 13.8 Å². The molecule has 0 bridgehead atoms. The number of carbonyl (C=O) groups excluding carboxylic acids is 1. The van der Waals surface area contributed by atoms with Crippen LogP contribution in [0.25, 0.3) is 0 Å². The van der Waals surface area contributed by atoms with Crippen LogP contribution < -0.4 is 0 Å². The molecule has 0 aromatic rings. The molecule has 0 heterocycles. The zero-order valence-corrected chi connectivity index (χ0v) is 9.50. The van der Waals surface area contributed by atoms with Crippen LogP contribution >= 0.6 is 0 Å². The summed E-state index contributed by atoms with van der Waals surface area (Å²) < 4.78 is 0. The lowest BCUT2D eigenvalue weighted by atomic mass is 9.77. The van der Waals surface area contributed by atoms with Crippen molar-refractivity contribution < 1.29 is 20.0 Å². The third kappa shape index (κ3) is 3.64. The van der Waals surface area contributed by atoms with Crippen LogP contribution in [-0.2, 0) is 9.68 Å². The van der Waals surface area contributed by atoms with Crippen molar-refractivity contribution in [3.8, 4) is 0 Å². The third-order valence-corrected chi connectivity index (χ3v) is 2.25. The molecule has 0 fully saturated rings. The summed E-state index contributed by atoms with van der Waals surface area (Å²) in [6.45, 7) is 8.99. The van der Waals surface area contributed by atoms with Crippen LogP contribution in [0, 0.1) is 10.8 Å². The van der Waals surface area contributed by atoms with E-state index < -0.39 is 17.5 Å². The molecule has 0 aromatic heterocycles. The number of aliphatic hydroxyl groups excluding tert-OH is 1. The fourth-order valence-corrected chi connectivity index (χ4v) is 1.09. The normalized spacial score (nSPS) is 15.1. The molecule has 0 saturated carbocycles. The van der Waals surface area contributed by atoms with Gasteiger partial charge in [0.25, 0.3) is 0 Å². The van der Waals surface area contributed by atoms with Gasteiger partial charge in [-0.15, -0.1) is 0 Å². The molecule has 0 aliphatic heterocycles. The summed E-state index contributed by atoms with van der Waals surface area (Å²) in [7, 11) is 0. The standard InChI is InChI=1S/C10H20O4/c1-9(2,3)6-7(11)10(4,5)8(12)14-13/h7,11,13H,6H2,1-5H3. The van der Waals surface area contributed by atoms with E-state index in [0.29, 0.717) is 6.42 Å². The third-order valence-electron chi connectivity index (χ3n) is 2.25. The van der Waals surface area contributed by atoms with Crippen LogP contribution in [0.4, 0.5) is 0 Å². The van der Waals surface area contributed by atoms with Gasteiger partial charge in [0.05, 0.1) is 11.5 Å². The first-order chi connectivity index (χ1) is 6.11. The van der Waals surface area contributed by atoms with Crippen LogP contribution in [-0.4, -0.2) is 22.4 Å². The highest BCUT2D eigenvalue weighted by atomic mass is 17.1. The highest BCUT2D eigenvalue weighted by Crippen LogP contribution is 2.31. The summed E-state index contributed by atoms with van der Waals surface area (Å²) >= 11 is 0. The van der Waals surface area contributed by atoms with E-state index in [0.717, 1.165) is 0 Å². The molecule has 14 heavy (non-hydrogen) atoms. The van der Waals surface area contributed by atoms with E-state index >= 15 is 0 Å². The van der Waals surface area contributed by atoms with Gasteiger partial charge in [-0.25, -0.2) is 4.79 Å². The fourth-order valence-electron chi connectivity index (χ4n) is 1.09. The Labute approximate surface area is 84.8 Å². The molecular formula is C10H20O4. The van der Waals surface area contributed by atoms with E-state index in [-0.39, 0.29) is 5.41 Å². The number of aliphatic hydroxyl groups is 1. The maximum absolute atomic E-state index is 11.1. The number of carbonyl (C=O) groups is 1. The van der Waals surface area contributed by atoms with Gasteiger partial charge < -0.3 is 9.99 Å². The lowest BCUT2D eigenvalue weighted by molar-refractivity contribution is -0.248. The smallest absolute Gasteiger partial charge is 0.350 e. The highest BCUT2D eigenvalue weighted by Gasteiger charge is 2.39. The van der Waals surface area contributed by atoms with Crippen molar-refractivity contribution in [2.24, 2.45) is 10.8 Å². The quantitative estimate of drug-likeness (QED) is 0.543. The van der Waals surface area contributed by atoms with Gasteiger partial charge in [-0.2, -0.15) is 5.26 Å². The van der Waals surface area contributed by atoms with Crippen molar-refractivity contribution in [1.29, 1.82) is 0 Å². The molecular weight excluding hydrogens is 184 g/mol. The molecule has 0 spiro atoms. The molecule has 1 unspecified atom stereocenters. The molecule has 0 aromatic carbocycles. The predicted octanol–water partition coefficient (Wildman–Crippen LogP) is 1.83. The zero-order valence-electron chi connectivity index (χ0n) is 9.50. The minimum absolute atomic E-state index is 0.0770. The van der Waals surface area contributed by atoms with Gasteiger partial charge in [0.15, 0.2) is 0 Å². The molecule has 0 radical (unpaired) electrons. The zero-order chi connectivity index (χ0) is 11.6. The van der Waals surface area contributed by atoms with E-state index in [2.05, 4.69) is 4.89 Å². The maximum atomic E-state index is 11.1. The molecule has 0 aliphatic carbocycles. The van der Waals surface area contributed by atoms with Gasteiger partial charge in [0.1, 0.15) is 0 Å². The van der Waals surface area contributed by atoms with Crippen LogP contribution in [0.3, 0.4) is 0 Å². The second-order valence-electron chi connectivity index (χ2n) is 5.38. The summed E-state index contributed by atoms with van der Waals surface area (Å²) in [6, 6.07) is 0. The minimum atomic E-state index is -1.08. The summed E-state index contributed by atoms with van der Waals surface area (Å²) in [5, 5.41) is 18.1. The van der Waals surface area contributed by atoms with Gasteiger partial charge in [-0.3, -0.25) is 0 Å². The number of hydrogen-bond acceptors (Lipinski definition) is 4. The Bertz CT molecular complexity index is 203. The van der Waals surface area contributed by atoms with E-state index in [1.807, 2.05) is 20.8 Å². The number of hydrogen-bond donors (Lipinski definition) is 2. The van der Waals surface area contributed by atoms with Crippen molar-refractivity contribution in [2.45, 2.75) is 47.1 Å². The Morgan fingerprint density at radius 1 is 1.29 bits per heavy atom. The molecule has 0 saturated heterocycles. The van der Waals surface area contributed by atoms with Crippen LogP contribution in [0.1, 0.15) is 41.0 Å². The topological polar surface area (TPSA) is 66.8 Å². The first-order valence-corrected chi connectivity index (χ1v) is 4.65. The van der Waals surface area contributed by atoms with Gasteiger partial charge in [-0.1, -0.05) is 20.8 Å². The summed E-state index contributed by atoms with van der Waals surface area (Å²) in [4.78, 5) is 14.8. The first kappa shape index (κ1) is 13.4. The maximum Gasteiger partial charge on any atom is 0.350 e. The van der Waals surface area contributed by atoms with Crippen molar-refractivity contribution in [1.82, 2.24) is 0 Å². The summed E-state index contributed by atoms with van der Waals surface area (Å²) in [6.07, 6.45) is -0.364. The summed E-state index contributed by atoms with van der Waals surface area (Å²) in [5.74, 6) is -0.811. The molecule has 0 rings (SSSR count). The van der Waals surface area contributed by atoms with E-state index in [9.17, 15) is 9.90 Å². The molecule has 1 atom stereocenters. The summed E-state index contributed by atoms with van der Waals surface area (Å²) in [5.41, 5.74) is -1.16. The van der Waals surface area contributed by atoms with Crippen LogP contribution in [0.5, 0.6) is 0 Å². The Kier molecular flexibility index (Phi) is 4.09. The Morgan fingerprint density at radius 2 is 1.71 bits per heavy atom. The van der Waals surface area contributed by atoms with Crippen molar-refractivity contribution >= 4 is 5.97 Å². The average molecular weight is 204 g/mol. The van der Waals surface area contributed by atoms with E-state index in [1.165, 1.54) is 0 Å². The van der Waals surface area contributed by atoms with Crippen LogP contribution in [0.15, 0.2) is 0 Å². The molecule has 84 valence electrons. The lowest BCUT2D eigenvalue weighted by Crippen LogP contribution is -2.40. The average Bonchev–Trinajstić information content (AvgIpc) is 1.99. The molecule has 4 nitrogen and oxygen atoms in total. The first-order valence-electron chi connectivity index (χ1n) is 4.65. The van der Waals surface area contributed by atoms with Gasteiger partial charge in [0.2, 0.25) is 0 Å². The van der Waals surface area contributed by atoms with Crippen molar-refractivity contribution in [2.75, 3.05) is 0 Å². The van der Waals surface area contributed by atoms with Crippen LogP contribution in [0.2, 0.25) is 0 Å². The van der Waals surface area contributed by atoms with Crippen molar-refractivity contribution in [3.05, 3.63) is 0 Å². The van der Waals surface area contributed by atoms with Crippen molar-refractivity contribution in [3.63, 3.8) is 0 Å². The van der Waals surface area contributed by atoms with Gasteiger partial charge in [-0.05, 0) is 25.7 Å². The predicted molar refractivity (Wildman–Crippen MR) is 52.6 cm³/mol. The van der Waals surface area contributed by atoms with Gasteiger partial charge in [0, 0.05) is 0 Å². The minimum Gasteiger partial charge on any atom is -0.392 e. The lowest BCUT2D eigenvalue weighted by Gasteiger charge is -2.31. The second kappa shape index (κ2) is 4.28. The Balaban J connectivity index is 4.51. The monoisotopic (exact) mass is 204 g/mol. The molecule has 0 aliphatic rings. The molecule has 2 N–H and O–H groups in total.